The van der Waals surface area contributed by atoms with Crippen LogP contribution in [0.1, 0.15) is 16.3 Å². The molecule has 1 heterocycles. The molecule has 2 rings (SSSR count). The molecule has 94 valence electrons. The van der Waals surface area contributed by atoms with E-state index in [1.54, 1.807) is 0 Å². The molecule has 0 unspecified atom stereocenters. The molecule has 0 radical (unpaired) electrons. The fourth-order valence-corrected chi connectivity index (χ4v) is 2.46. The highest BCUT2D eigenvalue weighted by atomic mass is 32.1. The van der Waals surface area contributed by atoms with Crippen molar-refractivity contribution in [3.8, 4) is 0 Å². The van der Waals surface area contributed by atoms with Gasteiger partial charge in [-0.05, 0) is 24.6 Å². The van der Waals surface area contributed by atoms with E-state index in [4.69, 9.17) is 0 Å². The average molecular weight is 267 g/mol. The molecule has 0 amide bonds. The van der Waals surface area contributed by atoms with Crippen molar-refractivity contribution >= 4 is 17.1 Å². The minimum atomic E-state index is -0.664. The topological polar surface area (TPSA) is 30.0 Å². The van der Waals surface area contributed by atoms with E-state index in [9.17, 15) is 13.6 Å². The number of aryl methyl sites for hydroxylation is 1. The lowest BCUT2D eigenvalue weighted by atomic mass is 10.1. The molecule has 0 saturated heterocycles. The Balaban J connectivity index is 2.02. The van der Waals surface area contributed by atoms with Gasteiger partial charge in [-0.25, -0.2) is 13.8 Å². The quantitative estimate of drug-likeness (QED) is 0.852. The zero-order valence-corrected chi connectivity index (χ0v) is 10.6. The van der Waals surface area contributed by atoms with E-state index in [0.717, 1.165) is 16.8 Å². The van der Waals surface area contributed by atoms with Crippen LogP contribution < -0.4 is 0 Å². The summed E-state index contributed by atoms with van der Waals surface area (Å²) in [6.45, 7) is 1.85. The second kappa shape index (κ2) is 5.35. The van der Waals surface area contributed by atoms with Crippen LogP contribution in [0.4, 0.5) is 8.78 Å². The molecule has 1 aromatic carbocycles. The number of nitrogens with zero attached hydrogens (tertiary/aromatic N) is 1. The van der Waals surface area contributed by atoms with Gasteiger partial charge in [0.2, 0.25) is 0 Å². The number of thiazole rings is 1. The smallest absolute Gasteiger partial charge is 0.144 e. The highest BCUT2D eigenvalue weighted by Gasteiger charge is 2.09. The summed E-state index contributed by atoms with van der Waals surface area (Å²) in [4.78, 5) is 15.9. The van der Waals surface area contributed by atoms with E-state index in [1.165, 1.54) is 23.5 Å². The number of rotatable bonds is 4. The second-order valence-corrected chi connectivity index (χ2v) is 5.00. The maximum absolute atomic E-state index is 12.9. The molecule has 0 aliphatic rings. The summed E-state index contributed by atoms with van der Waals surface area (Å²) in [5, 5.41) is 2.60. The van der Waals surface area contributed by atoms with Gasteiger partial charge in [-0.3, -0.25) is 4.79 Å². The maximum Gasteiger partial charge on any atom is 0.144 e. The number of ketones is 1. The van der Waals surface area contributed by atoms with Gasteiger partial charge < -0.3 is 0 Å². The molecule has 0 aliphatic heterocycles. The molecule has 1 aromatic heterocycles. The lowest BCUT2D eigenvalue weighted by molar-refractivity contribution is -0.117. The summed E-state index contributed by atoms with van der Waals surface area (Å²) in [5.74, 6) is -1.43. The molecular weight excluding hydrogens is 256 g/mol. The van der Waals surface area contributed by atoms with Crippen LogP contribution in [-0.4, -0.2) is 10.8 Å². The molecule has 0 atom stereocenters. The molecule has 0 spiro atoms. The first-order valence-electron chi connectivity index (χ1n) is 5.40. The Labute approximate surface area is 107 Å². The van der Waals surface area contributed by atoms with Crippen molar-refractivity contribution < 1.29 is 13.6 Å². The monoisotopic (exact) mass is 267 g/mol. The van der Waals surface area contributed by atoms with Gasteiger partial charge in [0.15, 0.2) is 0 Å². The summed E-state index contributed by atoms with van der Waals surface area (Å²) in [7, 11) is 0. The number of Topliss-reactive ketones (excluding diaryl/α,β-unsaturated/α-hetero) is 1. The highest BCUT2D eigenvalue weighted by molar-refractivity contribution is 7.09. The van der Waals surface area contributed by atoms with Crippen LogP contribution in [0.25, 0.3) is 0 Å². The average Bonchev–Trinajstić information content (AvgIpc) is 2.61. The van der Waals surface area contributed by atoms with Crippen LogP contribution >= 0.6 is 11.3 Å². The molecule has 0 aliphatic carbocycles. The van der Waals surface area contributed by atoms with E-state index in [2.05, 4.69) is 4.98 Å². The molecule has 18 heavy (non-hydrogen) atoms. The molecule has 0 bridgehead atoms. The third-order valence-electron chi connectivity index (χ3n) is 2.34. The molecule has 0 N–H and O–H groups in total. The van der Waals surface area contributed by atoms with Gasteiger partial charge >= 0.3 is 0 Å². The van der Waals surface area contributed by atoms with Crippen molar-refractivity contribution in [2.24, 2.45) is 0 Å². The van der Waals surface area contributed by atoms with Crippen LogP contribution in [0.5, 0.6) is 0 Å². The van der Waals surface area contributed by atoms with E-state index in [1.807, 2.05) is 12.3 Å². The Morgan fingerprint density at radius 2 is 1.89 bits per heavy atom. The van der Waals surface area contributed by atoms with Crippen LogP contribution in [0.2, 0.25) is 0 Å². The Bertz CT molecular complexity index is 560. The Hall–Kier alpha value is -1.62. The van der Waals surface area contributed by atoms with Gasteiger partial charge in [-0.2, -0.15) is 0 Å². The van der Waals surface area contributed by atoms with Crippen molar-refractivity contribution in [1.82, 2.24) is 4.98 Å². The summed E-state index contributed by atoms with van der Waals surface area (Å²) < 4.78 is 25.9. The first kappa shape index (κ1) is 12.8. The Morgan fingerprint density at radius 1 is 1.22 bits per heavy atom. The van der Waals surface area contributed by atoms with Crippen molar-refractivity contribution in [3.05, 3.63) is 51.5 Å². The number of hydrogen-bond donors (Lipinski definition) is 0. The molecule has 5 heteroatoms. The highest BCUT2D eigenvalue weighted by Crippen LogP contribution is 2.13. The standard InChI is InChI=1S/C13H11F2NOS/c1-8-7-18-13(16-8)6-12(17)4-9-2-10(14)5-11(15)3-9/h2-3,5,7H,4,6H2,1H3. The second-order valence-electron chi connectivity index (χ2n) is 4.05. The largest absolute Gasteiger partial charge is 0.299 e. The summed E-state index contributed by atoms with van der Waals surface area (Å²) in [6.07, 6.45) is 0.226. The summed E-state index contributed by atoms with van der Waals surface area (Å²) in [6, 6.07) is 3.14. The zero-order valence-electron chi connectivity index (χ0n) is 9.74. The van der Waals surface area contributed by atoms with E-state index < -0.39 is 11.6 Å². The van der Waals surface area contributed by atoms with Gasteiger partial charge in [-0.1, -0.05) is 0 Å². The zero-order chi connectivity index (χ0) is 13.1. The number of aromatic nitrogens is 1. The van der Waals surface area contributed by atoms with Crippen LogP contribution in [0, 0.1) is 18.6 Å². The SMILES string of the molecule is Cc1csc(CC(=O)Cc2cc(F)cc(F)c2)n1. The Kier molecular flexibility index (Phi) is 3.81. The van der Waals surface area contributed by atoms with Crippen molar-refractivity contribution in [1.29, 1.82) is 0 Å². The lowest BCUT2D eigenvalue weighted by Gasteiger charge is -2.00. The van der Waals surface area contributed by atoms with Crippen molar-refractivity contribution in [2.45, 2.75) is 19.8 Å². The molecule has 0 saturated carbocycles. The number of carbonyl (C=O) groups is 1. The van der Waals surface area contributed by atoms with Crippen LogP contribution in [-0.2, 0) is 17.6 Å². The summed E-state index contributed by atoms with van der Waals surface area (Å²) >= 11 is 1.41. The molecule has 2 aromatic rings. The van der Waals surface area contributed by atoms with E-state index >= 15 is 0 Å². The third kappa shape index (κ3) is 3.43. The molecule has 0 fully saturated rings. The normalized spacial score (nSPS) is 10.6. The van der Waals surface area contributed by atoms with Crippen LogP contribution in [0.15, 0.2) is 23.6 Å². The van der Waals surface area contributed by atoms with Gasteiger partial charge in [0.1, 0.15) is 22.4 Å². The maximum atomic E-state index is 12.9. The van der Waals surface area contributed by atoms with Gasteiger partial charge in [-0.15, -0.1) is 11.3 Å². The van der Waals surface area contributed by atoms with E-state index in [0.29, 0.717) is 5.56 Å². The predicted molar refractivity (Wildman–Crippen MR) is 65.6 cm³/mol. The first-order valence-corrected chi connectivity index (χ1v) is 6.28. The first-order chi connectivity index (χ1) is 8.52. The minimum Gasteiger partial charge on any atom is -0.299 e. The molecule has 2 nitrogen and oxygen atoms in total. The van der Waals surface area contributed by atoms with Gasteiger partial charge in [0.05, 0.1) is 6.42 Å². The fraction of sp³-hybridized carbons (Fsp3) is 0.231. The van der Waals surface area contributed by atoms with Gasteiger partial charge in [0.25, 0.3) is 0 Å². The number of carbonyl (C=O) groups excluding carboxylic acids is 1. The van der Waals surface area contributed by atoms with E-state index in [-0.39, 0.29) is 18.6 Å². The van der Waals surface area contributed by atoms with Crippen molar-refractivity contribution in [2.75, 3.05) is 0 Å². The third-order valence-corrected chi connectivity index (χ3v) is 3.31. The fourth-order valence-electron chi connectivity index (χ4n) is 1.66. The number of hydrogen-bond acceptors (Lipinski definition) is 3. The lowest BCUT2D eigenvalue weighted by Crippen LogP contribution is -2.07. The van der Waals surface area contributed by atoms with Crippen molar-refractivity contribution in [3.63, 3.8) is 0 Å². The number of halogens is 2. The summed E-state index contributed by atoms with van der Waals surface area (Å²) in [5.41, 5.74) is 1.23. The Morgan fingerprint density at radius 3 is 2.44 bits per heavy atom. The predicted octanol–water partition coefficient (Wildman–Crippen LogP) is 3.08. The minimum absolute atomic E-state index is 0.0211. The van der Waals surface area contributed by atoms with Gasteiger partial charge in [0, 0.05) is 23.6 Å². The number of benzene rings is 1. The van der Waals surface area contributed by atoms with Crippen LogP contribution in [0.3, 0.4) is 0 Å². The molecular formula is C13H11F2NOS.